The number of hydrogen-bond acceptors (Lipinski definition) is 4. The molecule has 4 nitrogen and oxygen atoms in total. The normalized spacial score (nSPS) is 12.4. The molecule has 0 heterocycles. The molecule has 90 valence electrons. The van der Waals surface area contributed by atoms with Crippen molar-refractivity contribution in [1.82, 2.24) is 0 Å². The highest BCUT2D eigenvalue weighted by atomic mass is 16.7. The summed E-state index contributed by atoms with van der Waals surface area (Å²) in [7, 11) is 1.56. The summed E-state index contributed by atoms with van der Waals surface area (Å²) in [6.45, 7) is 3.08. The van der Waals surface area contributed by atoms with Crippen molar-refractivity contribution in [3.8, 4) is 5.75 Å². The summed E-state index contributed by atoms with van der Waals surface area (Å²) in [5.74, 6) is 0.724. The van der Waals surface area contributed by atoms with Gasteiger partial charge in [-0.3, -0.25) is 0 Å². The minimum atomic E-state index is -0.592. The molecular weight excluding hydrogens is 208 g/mol. The van der Waals surface area contributed by atoms with Gasteiger partial charge < -0.3 is 19.3 Å². The largest absolute Gasteiger partial charge is 0.468 e. The third kappa shape index (κ3) is 4.18. The van der Waals surface area contributed by atoms with Gasteiger partial charge in [0.25, 0.3) is 0 Å². The quantitative estimate of drug-likeness (QED) is 0.568. The first-order valence-corrected chi connectivity index (χ1v) is 5.25. The van der Waals surface area contributed by atoms with Crippen LogP contribution < -0.4 is 4.74 Å². The second-order valence-corrected chi connectivity index (χ2v) is 3.30. The number of aliphatic hydroxyl groups is 1. The average Bonchev–Trinajstić information content (AvgIpc) is 2.30. The molecule has 1 aromatic rings. The van der Waals surface area contributed by atoms with Gasteiger partial charge in [0.15, 0.2) is 6.79 Å². The molecule has 0 radical (unpaired) electrons. The first-order chi connectivity index (χ1) is 7.77. The number of aliphatic hydroxyl groups excluding tert-OH is 1. The predicted octanol–water partition coefficient (Wildman–Crippen LogP) is 1.74. The lowest BCUT2D eigenvalue weighted by atomic mass is 10.1. The zero-order valence-electron chi connectivity index (χ0n) is 9.68. The highest BCUT2D eigenvalue weighted by molar-refractivity contribution is 5.28. The van der Waals surface area contributed by atoms with Gasteiger partial charge >= 0.3 is 0 Å². The van der Waals surface area contributed by atoms with Crippen molar-refractivity contribution < 1.29 is 19.3 Å². The Labute approximate surface area is 95.8 Å². The highest BCUT2D eigenvalue weighted by Crippen LogP contribution is 2.17. The maximum absolute atomic E-state index is 9.64. The highest BCUT2D eigenvalue weighted by Gasteiger charge is 2.06. The Morgan fingerprint density at radius 3 is 2.50 bits per heavy atom. The van der Waals surface area contributed by atoms with Crippen molar-refractivity contribution in [2.45, 2.75) is 13.0 Å². The van der Waals surface area contributed by atoms with Gasteiger partial charge in [0, 0.05) is 13.7 Å². The fourth-order valence-electron chi connectivity index (χ4n) is 1.23. The van der Waals surface area contributed by atoms with Crippen LogP contribution >= 0.6 is 0 Å². The molecule has 0 aliphatic heterocycles. The Bertz CT molecular complexity index is 284. The van der Waals surface area contributed by atoms with Crippen molar-refractivity contribution in [2.75, 3.05) is 27.1 Å². The van der Waals surface area contributed by atoms with Gasteiger partial charge in [-0.25, -0.2) is 0 Å². The number of hydrogen-bond donors (Lipinski definition) is 1. The van der Waals surface area contributed by atoms with Crippen LogP contribution in [-0.2, 0) is 9.47 Å². The van der Waals surface area contributed by atoms with Gasteiger partial charge in [-0.05, 0) is 24.6 Å². The number of ether oxygens (including phenoxy) is 3. The number of rotatable bonds is 7. The summed E-state index contributed by atoms with van der Waals surface area (Å²) < 4.78 is 15.2. The van der Waals surface area contributed by atoms with Gasteiger partial charge in [-0.15, -0.1) is 0 Å². The second-order valence-electron chi connectivity index (χ2n) is 3.30. The van der Waals surface area contributed by atoms with E-state index in [0.717, 1.165) is 11.3 Å². The first-order valence-electron chi connectivity index (χ1n) is 5.25. The Hall–Kier alpha value is -1.10. The van der Waals surface area contributed by atoms with Crippen molar-refractivity contribution in [3.63, 3.8) is 0 Å². The Morgan fingerprint density at radius 2 is 1.94 bits per heavy atom. The van der Waals surface area contributed by atoms with E-state index in [0.29, 0.717) is 13.2 Å². The van der Waals surface area contributed by atoms with Crippen LogP contribution in [0.2, 0.25) is 0 Å². The van der Waals surface area contributed by atoms with E-state index in [9.17, 15) is 5.11 Å². The van der Waals surface area contributed by atoms with Crippen LogP contribution in [0, 0.1) is 0 Å². The molecule has 0 aromatic heterocycles. The molecule has 1 rings (SSSR count). The summed E-state index contributed by atoms with van der Waals surface area (Å²) in [5, 5.41) is 9.64. The van der Waals surface area contributed by atoms with E-state index in [1.807, 2.05) is 19.1 Å². The molecule has 1 atom stereocenters. The maximum atomic E-state index is 9.64. The topological polar surface area (TPSA) is 47.9 Å². The zero-order valence-corrected chi connectivity index (χ0v) is 9.68. The zero-order chi connectivity index (χ0) is 11.8. The van der Waals surface area contributed by atoms with Crippen LogP contribution in [0.1, 0.15) is 18.6 Å². The third-order valence-corrected chi connectivity index (χ3v) is 2.10. The van der Waals surface area contributed by atoms with Gasteiger partial charge in [-0.1, -0.05) is 12.1 Å². The second kappa shape index (κ2) is 7.22. The van der Waals surface area contributed by atoms with Crippen LogP contribution in [0.3, 0.4) is 0 Å². The molecule has 4 heteroatoms. The SMILES string of the molecule is CCOCOc1ccc(C(O)COC)cc1. The van der Waals surface area contributed by atoms with E-state index in [4.69, 9.17) is 14.2 Å². The summed E-state index contributed by atoms with van der Waals surface area (Å²) in [5.41, 5.74) is 0.811. The Kier molecular flexibility index (Phi) is 5.85. The molecule has 0 spiro atoms. The van der Waals surface area contributed by atoms with E-state index < -0.39 is 6.10 Å². The molecule has 1 unspecified atom stereocenters. The third-order valence-electron chi connectivity index (χ3n) is 2.10. The molecule has 16 heavy (non-hydrogen) atoms. The summed E-state index contributed by atoms with van der Waals surface area (Å²) in [4.78, 5) is 0. The standard InChI is InChI=1S/C12H18O4/c1-3-15-9-16-11-6-4-10(5-7-11)12(13)8-14-2/h4-7,12-13H,3,8-9H2,1-2H3. The summed E-state index contributed by atoms with van der Waals surface area (Å²) in [6.07, 6.45) is -0.592. The minimum absolute atomic E-state index is 0.246. The maximum Gasteiger partial charge on any atom is 0.189 e. The Morgan fingerprint density at radius 1 is 1.25 bits per heavy atom. The van der Waals surface area contributed by atoms with Crippen LogP contribution in [0.5, 0.6) is 5.75 Å². The fraction of sp³-hybridized carbons (Fsp3) is 0.500. The first kappa shape index (κ1) is 13.0. The summed E-state index contributed by atoms with van der Waals surface area (Å²) in [6, 6.07) is 7.22. The van der Waals surface area contributed by atoms with Crippen molar-refractivity contribution >= 4 is 0 Å². The van der Waals surface area contributed by atoms with E-state index in [1.165, 1.54) is 0 Å². The lowest BCUT2D eigenvalue weighted by Gasteiger charge is -2.11. The molecule has 1 N–H and O–H groups in total. The molecule has 1 aromatic carbocycles. The van der Waals surface area contributed by atoms with Gasteiger partial charge in [0.1, 0.15) is 11.9 Å². The van der Waals surface area contributed by atoms with Gasteiger partial charge in [-0.2, -0.15) is 0 Å². The Balaban J connectivity index is 2.47. The average molecular weight is 226 g/mol. The smallest absolute Gasteiger partial charge is 0.189 e. The summed E-state index contributed by atoms with van der Waals surface area (Å²) >= 11 is 0. The minimum Gasteiger partial charge on any atom is -0.468 e. The van der Waals surface area contributed by atoms with Crippen LogP contribution in [0.4, 0.5) is 0 Å². The fourth-order valence-corrected chi connectivity index (χ4v) is 1.23. The number of benzene rings is 1. The van der Waals surface area contributed by atoms with Crippen LogP contribution in [0.25, 0.3) is 0 Å². The van der Waals surface area contributed by atoms with E-state index in [1.54, 1.807) is 19.2 Å². The molecule has 0 fully saturated rings. The molecule has 0 aliphatic carbocycles. The lowest BCUT2D eigenvalue weighted by Crippen LogP contribution is -2.05. The van der Waals surface area contributed by atoms with Crippen LogP contribution in [0.15, 0.2) is 24.3 Å². The molecule has 0 saturated carbocycles. The van der Waals surface area contributed by atoms with E-state index in [2.05, 4.69) is 0 Å². The molecular formula is C12H18O4. The van der Waals surface area contributed by atoms with Gasteiger partial charge in [0.05, 0.1) is 6.61 Å². The molecule has 0 saturated heterocycles. The lowest BCUT2D eigenvalue weighted by molar-refractivity contribution is 0.0223. The van der Waals surface area contributed by atoms with E-state index in [-0.39, 0.29) is 6.79 Å². The molecule has 0 aliphatic rings. The predicted molar refractivity (Wildman–Crippen MR) is 60.4 cm³/mol. The van der Waals surface area contributed by atoms with Crippen molar-refractivity contribution in [1.29, 1.82) is 0 Å². The molecule has 0 bridgehead atoms. The van der Waals surface area contributed by atoms with Crippen molar-refractivity contribution in [3.05, 3.63) is 29.8 Å². The van der Waals surface area contributed by atoms with Crippen LogP contribution in [-0.4, -0.2) is 32.2 Å². The van der Waals surface area contributed by atoms with Crippen molar-refractivity contribution in [2.24, 2.45) is 0 Å². The monoisotopic (exact) mass is 226 g/mol. The van der Waals surface area contributed by atoms with Gasteiger partial charge in [0.2, 0.25) is 0 Å². The number of methoxy groups -OCH3 is 1. The molecule has 0 amide bonds. The van der Waals surface area contributed by atoms with E-state index >= 15 is 0 Å².